The summed E-state index contributed by atoms with van der Waals surface area (Å²) in [5.41, 5.74) is 1.67. The quantitative estimate of drug-likeness (QED) is 0.774. The maximum atomic E-state index is 11.2. The highest BCUT2D eigenvalue weighted by Crippen LogP contribution is 2.19. The molecule has 0 saturated carbocycles. The number of amides is 1. The van der Waals surface area contributed by atoms with Gasteiger partial charge < -0.3 is 9.84 Å². The van der Waals surface area contributed by atoms with Crippen LogP contribution in [0.25, 0.3) is 0 Å². The van der Waals surface area contributed by atoms with Crippen molar-refractivity contribution in [2.24, 2.45) is 0 Å². The fourth-order valence-corrected chi connectivity index (χ4v) is 1.59. The van der Waals surface area contributed by atoms with Crippen molar-refractivity contribution in [1.82, 2.24) is 0 Å². The van der Waals surface area contributed by atoms with Crippen LogP contribution >= 0.6 is 0 Å². The lowest BCUT2D eigenvalue weighted by Gasteiger charge is -2.21. The van der Waals surface area contributed by atoms with Crippen molar-refractivity contribution in [2.45, 2.75) is 20.3 Å². The predicted molar refractivity (Wildman–Crippen MR) is 67.7 cm³/mol. The summed E-state index contributed by atoms with van der Waals surface area (Å²) >= 11 is 0. The SMILES string of the molecule is CCCOCCN(C(=O)O)c1ccccc1C. The summed E-state index contributed by atoms with van der Waals surface area (Å²) in [7, 11) is 0. The van der Waals surface area contributed by atoms with Crippen molar-refractivity contribution >= 4 is 11.8 Å². The zero-order valence-corrected chi connectivity index (χ0v) is 10.3. The highest BCUT2D eigenvalue weighted by Gasteiger charge is 2.15. The van der Waals surface area contributed by atoms with E-state index in [0.29, 0.717) is 19.8 Å². The molecule has 1 aromatic rings. The van der Waals surface area contributed by atoms with Crippen molar-refractivity contribution in [3.8, 4) is 0 Å². The first-order valence-corrected chi connectivity index (χ1v) is 5.80. The second-order valence-electron chi connectivity index (χ2n) is 3.83. The fourth-order valence-electron chi connectivity index (χ4n) is 1.59. The molecule has 1 aromatic carbocycles. The highest BCUT2D eigenvalue weighted by atomic mass is 16.5. The Kier molecular flexibility index (Phi) is 5.49. The maximum Gasteiger partial charge on any atom is 0.411 e. The molecule has 0 atom stereocenters. The molecule has 0 unspecified atom stereocenters. The van der Waals surface area contributed by atoms with Crippen LogP contribution in [0.1, 0.15) is 18.9 Å². The minimum atomic E-state index is -0.945. The van der Waals surface area contributed by atoms with Gasteiger partial charge in [-0.05, 0) is 25.0 Å². The van der Waals surface area contributed by atoms with E-state index in [0.717, 1.165) is 17.7 Å². The Labute approximate surface area is 102 Å². The van der Waals surface area contributed by atoms with Crippen LogP contribution in [0, 0.1) is 6.92 Å². The van der Waals surface area contributed by atoms with Gasteiger partial charge in [-0.15, -0.1) is 0 Å². The van der Waals surface area contributed by atoms with Gasteiger partial charge in [0, 0.05) is 6.61 Å². The van der Waals surface area contributed by atoms with Crippen LogP contribution in [-0.4, -0.2) is 31.0 Å². The molecule has 0 saturated heterocycles. The summed E-state index contributed by atoms with van der Waals surface area (Å²) in [6.07, 6.45) is -0.00310. The van der Waals surface area contributed by atoms with Gasteiger partial charge in [0.15, 0.2) is 0 Å². The maximum absolute atomic E-state index is 11.2. The average molecular weight is 237 g/mol. The van der Waals surface area contributed by atoms with Gasteiger partial charge in [0.2, 0.25) is 0 Å². The minimum absolute atomic E-state index is 0.361. The number of hydrogen-bond acceptors (Lipinski definition) is 2. The largest absolute Gasteiger partial charge is 0.465 e. The first-order valence-electron chi connectivity index (χ1n) is 5.80. The first-order chi connectivity index (χ1) is 8.16. The lowest BCUT2D eigenvalue weighted by Crippen LogP contribution is -2.33. The van der Waals surface area contributed by atoms with Crippen LogP contribution in [0.3, 0.4) is 0 Å². The first kappa shape index (κ1) is 13.5. The van der Waals surface area contributed by atoms with Gasteiger partial charge in [0.1, 0.15) is 0 Å². The van der Waals surface area contributed by atoms with Crippen LogP contribution in [0.5, 0.6) is 0 Å². The topological polar surface area (TPSA) is 49.8 Å². The molecule has 1 N–H and O–H groups in total. The number of hydrogen-bond donors (Lipinski definition) is 1. The zero-order valence-electron chi connectivity index (χ0n) is 10.3. The molecule has 0 aromatic heterocycles. The lowest BCUT2D eigenvalue weighted by atomic mass is 10.2. The number of ether oxygens (including phenoxy) is 1. The molecule has 0 bridgehead atoms. The molecular weight excluding hydrogens is 218 g/mol. The monoisotopic (exact) mass is 237 g/mol. The zero-order chi connectivity index (χ0) is 12.7. The van der Waals surface area contributed by atoms with Crippen molar-refractivity contribution < 1.29 is 14.6 Å². The Morgan fingerprint density at radius 3 is 2.65 bits per heavy atom. The summed E-state index contributed by atoms with van der Waals surface area (Å²) in [5, 5.41) is 9.18. The van der Waals surface area contributed by atoms with E-state index >= 15 is 0 Å². The minimum Gasteiger partial charge on any atom is -0.465 e. The summed E-state index contributed by atoms with van der Waals surface area (Å²) < 4.78 is 5.32. The summed E-state index contributed by atoms with van der Waals surface area (Å²) in [6, 6.07) is 7.44. The van der Waals surface area contributed by atoms with Crippen LogP contribution in [0.2, 0.25) is 0 Å². The molecule has 0 spiro atoms. The van der Waals surface area contributed by atoms with Crippen LogP contribution in [0.4, 0.5) is 10.5 Å². The van der Waals surface area contributed by atoms with Gasteiger partial charge in [-0.3, -0.25) is 4.90 Å². The Hall–Kier alpha value is -1.55. The molecule has 0 heterocycles. The van der Waals surface area contributed by atoms with Crippen molar-refractivity contribution in [3.05, 3.63) is 29.8 Å². The summed E-state index contributed by atoms with van der Waals surface area (Å²) in [4.78, 5) is 12.5. The van der Waals surface area contributed by atoms with Crippen molar-refractivity contribution in [1.29, 1.82) is 0 Å². The predicted octanol–water partition coefficient (Wildman–Crippen LogP) is 2.91. The van der Waals surface area contributed by atoms with Crippen molar-refractivity contribution in [2.75, 3.05) is 24.7 Å². The van der Waals surface area contributed by atoms with Gasteiger partial charge in [-0.1, -0.05) is 25.1 Å². The second-order valence-corrected chi connectivity index (χ2v) is 3.83. The van der Waals surface area contributed by atoms with Crippen LogP contribution < -0.4 is 4.90 Å². The number of para-hydroxylation sites is 1. The normalized spacial score (nSPS) is 10.2. The van der Waals surface area contributed by atoms with E-state index in [4.69, 9.17) is 4.74 Å². The molecule has 4 nitrogen and oxygen atoms in total. The number of carbonyl (C=O) groups is 1. The van der Waals surface area contributed by atoms with E-state index in [1.165, 1.54) is 4.90 Å². The molecule has 0 aliphatic carbocycles. The standard InChI is InChI=1S/C13H19NO3/c1-3-9-17-10-8-14(13(15)16)12-7-5-4-6-11(12)2/h4-7H,3,8-10H2,1-2H3,(H,15,16). The second kappa shape index (κ2) is 6.91. The summed E-state index contributed by atoms with van der Waals surface area (Å²) in [5.74, 6) is 0. The van der Waals surface area contributed by atoms with Gasteiger partial charge in [0.05, 0.1) is 18.8 Å². The molecule has 1 rings (SSSR count). The molecular formula is C13H19NO3. The Morgan fingerprint density at radius 1 is 1.35 bits per heavy atom. The Morgan fingerprint density at radius 2 is 2.06 bits per heavy atom. The third-order valence-corrected chi connectivity index (χ3v) is 2.44. The molecule has 17 heavy (non-hydrogen) atoms. The van der Waals surface area contributed by atoms with E-state index in [1.54, 1.807) is 0 Å². The van der Waals surface area contributed by atoms with Crippen LogP contribution in [-0.2, 0) is 4.74 Å². The van der Waals surface area contributed by atoms with E-state index in [2.05, 4.69) is 0 Å². The van der Waals surface area contributed by atoms with E-state index in [1.807, 2.05) is 38.1 Å². The molecule has 0 radical (unpaired) electrons. The average Bonchev–Trinajstić information content (AvgIpc) is 2.30. The molecule has 4 heteroatoms. The Balaban J connectivity index is 2.66. The number of benzene rings is 1. The molecule has 0 aliphatic heterocycles. The molecule has 1 amide bonds. The van der Waals surface area contributed by atoms with Gasteiger partial charge in [-0.25, -0.2) is 4.79 Å². The van der Waals surface area contributed by atoms with Gasteiger partial charge in [0.25, 0.3) is 0 Å². The number of rotatable bonds is 6. The number of aryl methyl sites for hydroxylation is 1. The van der Waals surface area contributed by atoms with Crippen LogP contribution in [0.15, 0.2) is 24.3 Å². The molecule has 0 aliphatic rings. The lowest BCUT2D eigenvalue weighted by molar-refractivity contribution is 0.138. The number of carboxylic acid groups (broad SMARTS) is 1. The van der Waals surface area contributed by atoms with E-state index in [-0.39, 0.29) is 0 Å². The smallest absolute Gasteiger partial charge is 0.411 e. The fraction of sp³-hybridized carbons (Fsp3) is 0.462. The van der Waals surface area contributed by atoms with Crippen molar-refractivity contribution in [3.63, 3.8) is 0 Å². The highest BCUT2D eigenvalue weighted by molar-refractivity contribution is 5.87. The Bertz CT molecular complexity index is 365. The third-order valence-electron chi connectivity index (χ3n) is 2.44. The molecule has 94 valence electrons. The third kappa shape index (κ3) is 4.07. The number of anilines is 1. The van der Waals surface area contributed by atoms with Gasteiger partial charge >= 0.3 is 6.09 Å². The van der Waals surface area contributed by atoms with E-state index < -0.39 is 6.09 Å². The van der Waals surface area contributed by atoms with Gasteiger partial charge in [-0.2, -0.15) is 0 Å². The summed E-state index contributed by atoms with van der Waals surface area (Å²) in [6.45, 7) is 5.38. The molecule has 0 fully saturated rings. The number of nitrogens with zero attached hydrogens (tertiary/aromatic N) is 1. The van der Waals surface area contributed by atoms with E-state index in [9.17, 15) is 9.90 Å².